The molecule has 21 heavy (non-hydrogen) atoms. The average Bonchev–Trinajstić information content (AvgIpc) is 2.78. The smallest absolute Gasteiger partial charge is 0.237 e. The van der Waals surface area contributed by atoms with Gasteiger partial charge >= 0.3 is 0 Å². The van der Waals surface area contributed by atoms with Crippen molar-refractivity contribution in [3.8, 4) is 0 Å². The Hall–Kier alpha value is -1.27. The van der Waals surface area contributed by atoms with Gasteiger partial charge in [-0.25, -0.2) is 0 Å². The van der Waals surface area contributed by atoms with Crippen LogP contribution in [0.25, 0.3) is 0 Å². The Bertz CT molecular complexity index is 606. The van der Waals surface area contributed by atoms with Gasteiger partial charge in [0.2, 0.25) is 5.91 Å². The standard InChI is InChI=1S/C15H17BrN2O2S/c1-9-14(10(2)20-18-9)8-21-11(3)15(19)17-13-6-4-12(16)5-7-13/h4-7,11H,8H2,1-3H3,(H,17,19). The highest BCUT2D eigenvalue weighted by Gasteiger charge is 2.16. The van der Waals surface area contributed by atoms with Gasteiger partial charge < -0.3 is 9.84 Å². The van der Waals surface area contributed by atoms with Gasteiger partial charge in [0.1, 0.15) is 5.76 Å². The maximum Gasteiger partial charge on any atom is 0.237 e. The summed E-state index contributed by atoms with van der Waals surface area (Å²) in [5.41, 5.74) is 2.76. The molecule has 0 saturated carbocycles. The number of rotatable bonds is 5. The van der Waals surface area contributed by atoms with E-state index in [1.54, 1.807) is 11.8 Å². The molecule has 1 amide bonds. The molecule has 1 unspecified atom stereocenters. The summed E-state index contributed by atoms with van der Waals surface area (Å²) in [7, 11) is 0. The van der Waals surface area contributed by atoms with Crippen molar-refractivity contribution in [3.63, 3.8) is 0 Å². The summed E-state index contributed by atoms with van der Waals surface area (Å²) in [6.07, 6.45) is 0. The van der Waals surface area contributed by atoms with Crippen LogP contribution >= 0.6 is 27.7 Å². The summed E-state index contributed by atoms with van der Waals surface area (Å²) in [5, 5.41) is 6.68. The van der Waals surface area contributed by atoms with E-state index in [0.717, 1.165) is 32.9 Å². The average molecular weight is 369 g/mol. The van der Waals surface area contributed by atoms with Crippen molar-refractivity contribution in [1.29, 1.82) is 0 Å². The van der Waals surface area contributed by atoms with Crippen molar-refractivity contribution in [3.05, 3.63) is 45.8 Å². The van der Waals surface area contributed by atoms with Crippen LogP contribution in [0.4, 0.5) is 5.69 Å². The van der Waals surface area contributed by atoms with Crippen LogP contribution in [0.1, 0.15) is 23.9 Å². The number of nitrogens with zero attached hydrogens (tertiary/aromatic N) is 1. The van der Waals surface area contributed by atoms with Crippen LogP contribution in [0.5, 0.6) is 0 Å². The minimum absolute atomic E-state index is 0.00548. The first-order valence-corrected chi connectivity index (χ1v) is 8.41. The second kappa shape index (κ2) is 7.13. The van der Waals surface area contributed by atoms with Gasteiger partial charge in [0.25, 0.3) is 0 Å². The summed E-state index contributed by atoms with van der Waals surface area (Å²) >= 11 is 4.94. The van der Waals surface area contributed by atoms with Crippen molar-refractivity contribution in [1.82, 2.24) is 5.16 Å². The number of carbonyl (C=O) groups excluding carboxylic acids is 1. The summed E-state index contributed by atoms with van der Waals surface area (Å²) in [4.78, 5) is 12.1. The van der Waals surface area contributed by atoms with Crippen LogP contribution in [-0.4, -0.2) is 16.3 Å². The third-order valence-corrected chi connectivity index (χ3v) is 4.84. The maximum atomic E-state index is 12.1. The predicted molar refractivity (Wildman–Crippen MR) is 89.5 cm³/mol. The molecule has 0 aliphatic heterocycles. The first-order valence-electron chi connectivity index (χ1n) is 6.57. The van der Waals surface area contributed by atoms with Gasteiger partial charge in [0, 0.05) is 21.5 Å². The number of amides is 1. The number of hydrogen-bond acceptors (Lipinski definition) is 4. The molecule has 0 bridgehead atoms. The minimum atomic E-state index is -0.151. The molecule has 0 fully saturated rings. The van der Waals surface area contributed by atoms with Gasteiger partial charge in [-0.05, 0) is 45.0 Å². The minimum Gasteiger partial charge on any atom is -0.361 e. The number of aryl methyl sites for hydroxylation is 2. The van der Waals surface area contributed by atoms with Gasteiger partial charge in [-0.3, -0.25) is 4.79 Å². The highest BCUT2D eigenvalue weighted by atomic mass is 79.9. The quantitative estimate of drug-likeness (QED) is 0.853. The number of thioether (sulfide) groups is 1. The first kappa shape index (κ1) is 16.1. The molecule has 4 nitrogen and oxygen atoms in total. The Morgan fingerprint density at radius 2 is 2.05 bits per heavy atom. The van der Waals surface area contributed by atoms with Crippen LogP contribution in [0, 0.1) is 13.8 Å². The summed E-state index contributed by atoms with van der Waals surface area (Å²) in [5.74, 6) is 1.53. The lowest BCUT2D eigenvalue weighted by Crippen LogP contribution is -2.22. The number of aromatic nitrogens is 1. The van der Waals surface area contributed by atoms with Crippen LogP contribution in [0.2, 0.25) is 0 Å². The molecule has 2 rings (SSSR count). The van der Waals surface area contributed by atoms with E-state index in [1.165, 1.54) is 0 Å². The lowest BCUT2D eigenvalue weighted by Gasteiger charge is -2.12. The lowest BCUT2D eigenvalue weighted by atomic mass is 10.2. The summed E-state index contributed by atoms with van der Waals surface area (Å²) in [6.45, 7) is 5.71. The Balaban J connectivity index is 1.89. The monoisotopic (exact) mass is 368 g/mol. The van der Waals surface area contributed by atoms with Gasteiger partial charge in [-0.15, -0.1) is 11.8 Å². The van der Waals surface area contributed by atoms with Crippen molar-refractivity contribution >= 4 is 39.3 Å². The van der Waals surface area contributed by atoms with E-state index in [2.05, 4.69) is 26.4 Å². The zero-order valence-electron chi connectivity index (χ0n) is 12.1. The molecule has 0 radical (unpaired) electrons. The zero-order valence-corrected chi connectivity index (χ0v) is 14.5. The van der Waals surface area contributed by atoms with Crippen molar-refractivity contribution < 1.29 is 9.32 Å². The van der Waals surface area contributed by atoms with E-state index in [0.29, 0.717) is 0 Å². The Morgan fingerprint density at radius 3 is 2.62 bits per heavy atom. The number of benzene rings is 1. The van der Waals surface area contributed by atoms with Crippen molar-refractivity contribution in [2.45, 2.75) is 31.8 Å². The lowest BCUT2D eigenvalue weighted by molar-refractivity contribution is -0.115. The van der Waals surface area contributed by atoms with E-state index in [-0.39, 0.29) is 11.2 Å². The molecule has 0 aliphatic carbocycles. The number of anilines is 1. The topological polar surface area (TPSA) is 55.1 Å². The molecule has 0 spiro atoms. The highest BCUT2D eigenvalue weighted by molar-refractivity contribution is 9.10. The molecule has 1 atom stereocenters. The normalized spacial score (nSPS) is 12.2. The van der Waals surface area contributed by atoms with Crippen LogP contribution < -0.4 is 5.32 Å². The molecule has 1 aromatic heterocycles. The SMILES string of the molecule is Cc1noc(C)c1CSC(C)C(=O)Nc1ccc(Br)cc1. The van der Waals surface area contributed by atoms with E-state index in [9.17, 15) is 4.79 Å². The second-order valence-corrected chi connectivity index (χ2v) is 7.00. The maximum absolute atomic E-state index is 12.1. The number of hydrogen-bond donors (Lipinski definition) is 1. The van der Waals surface area contributed by atoms with E-state index < -0.39 is 0 Å². The predicted octanol–water partition coefficient (Wildman–Crippen LogP) is 4.31. The number of carbonyl (C=O) groups is 1. The van der Waals surface area contributed by atoms with Crippen LogP contribution in [-0.2, 0) is 10.5 Å². The summed E-state index contributed by atoms with van der Waals surface area (Å²) in [6, 6.07) is 7.54. The van der Waals surface area contributed by atoms with Crippen LogP contribution in [0.3, 0.4) is 0 Å². The zero-order chi connectivity index (χ0) is 15.4. The van der Waals surface area contributed by atoms with Gasteiger partial charge in [-0.2, -0.15) is 0 Å². The van der Waals surface area contributed by atoms with Gasteiger partial charge in [0.15, 0.2) is 0 Å². The van der Waals surface area contributed by atoms with Crippen molar-refractivity contribution in [2.24, 2.45) is 0 Å². The molecule has 112 valence electrons. The molecule has 2 aromatic rings. The molecule has 0 saturated heterocycles. The van der Waals surface area contributed by atoms with Gasteiger partial charge in [-0.1, -0.05) is 21.1 Å². The second-order valence-electron chi connectivity index (χ2n) is 4.75. The fraction of sp³-hybridized carbons (Fsp3) is 0.333. The summed E-state index contributed by atoms with van der Waals surface area (Å²) < 4.78 is 6.11. The third-order valence-electron chi connectivity index (χ3n) is 3.14. The fourth-order valence-electron chi connectivity index (χ4n) is 1.77. The highest BCUT2D eigenvalue weighted by Crippen LogP contribution is 2.23. The molecular formula is C15H17BrN2O2S. The Morgan fingerprint density at radius 1 is 1.38 bits per heavy atom. The Kier molecular flexibility index (Phi) is 5.47. The van der Waals surface area contributed by atoms with E-state index in [1.807, 2.05) is 45.0 Å². The van der Waals surface area contributed by atoms with Gasteiger partial charge in [0.05, 0.1) is 10.9 Å². The molecule has 0 aliphatic rings. The molecule has 1 heterocycles. The molecule has 6 heteroatoms. The van der Waals surface area contributed by atoms with Crippen LogP contribution in [0.15, 0.2) is 33.3 Å². The Labute approximate surface area is 136 Å². The van der Waals surface area contributed by atoms with Crippen molar-refractivity contribution in [2.75, 3.05) is 5.32 Å². The third kappa shape index (κ3) is 4.35. The van der Waals surface area contributed by atoms with E-state index in [4.69, 9.17) is 4.52 Å². The molecule has 1 N–H and O–H groups in total. The number of nitrogens with one attached hydrogen (secondary N) is 1. The molecular weight excluding hydrogens is 352 g/mol. The fourth-order valence-corrected chi connectivity index (χ4v) is 3.07. The number of halogens is 1. The first-order chi connectivity index (χ1) is 9.97. The molecule has 1 aromatic carbocycles. The van der Waals surface area contributed by atoms with E-state index >= 15 is 0 Å². The largest absolute Gasteiger partial charge is 0.361 e.